The molecule has 146 valence electrons. The minimum Gasteiger partial charge on any atom is -0.366 e. The molecule has 2 heterocycles. The summed E-state index contributed by atoms with van der Waals surface area (Å²) >= 11 is 11.0. The minimum absolute atomic E-state index is 0.00702. The molecule has 0 aliphatic carbocycles. The number of aromatic nitrogens is 2. The number of nitrogens with one attached hydrogen (secondary N) is 2. The Kier molecular flexibility index (Phi) is 9.74. The first kappa shape index (κ1) is 21.8. The second-order valence-electron chi connectivity index (χ2n) is 5.26. The van der Waals surface area contributed by atoms with Crippen molar-refractivity contribution in [3.63, 3.8) is 0 Å². The zero-order chi connectivity index (χ0) is 19.5. The quantitative estimate of drug-likeness (QED) is 0.219. The first-order valence-electron chi connectivity index (χ1n) is 8.07. The number of halogens is 1. The van der Waals surface area contributed by atoms with Crippen LogP contribution in [0.5, 0.6) is 0 Å². The fraction of sp³-hybridized carbons (Fsp3) is 0.375. The van der Waals surface area contributed by atoms with Crippen molar-refractivity contribution < 1.29 is 4.92 Å². The average Bonchev–Trinajstić information content (AvgIpc) is 3.14. The monoisotopic (exact) mass is 445 g/mol. The smallest absolute Gasteiger partial charge is 0.274 e. The van der Waals surface area contributed by atoms with Crippen molar-refractivity contribution in [2.24, 2.45) is 0 Å². The second kappa shape index (κ2) is 12.1. The molecule has 7 nitrogen and oxygen atoms in total. The lowest BCUT2D eigenvalue weighted by atomic mass is 10.4. The Morgan fingerprint density at radius 3 is 3.00 bits per heavy atom. The van der Waals surface area contributed by atoms with Gasteiger partial charge in [0.2, 0.25) is 0 Å². The molecule has 2 aromatic heterocycles. The number of thiazole rings is 1. The van der Waals surface area contributed by atoms with Gasteiger partial charge in [0.15, 0.2) is 5.82 Å². The maximum Gasteiger partial charge on any atom is 0.274 e. The lowest BCUT2D eigenvalue weighted by Crippen LogP contribution is -2.33. The number of thioether (sulfide) groups is 2. The number of nitrogens with zero attached hydrogens (tertiary/aromatic N) is 3. The van der Waals surface area contributed by atoms with Crippen molar-refractivity contribution >= 4 is 46.5 Å². The molecule has 0 bridgehead atoms. The summed E-state index contributed by atoms with van der Waals surface area (Å²) in [6, 6.07) is 3.61. The third-order valence-electron chi connectivity index (χ3n) is 3.17. The topological polar surface area (TPSA) is 93.0 Å². The Bertz CT molecular complexity index is 745. The number of hydrogen-bond donors (Lipinski definition) is 2. The van der Waals surface area contributed by atoms with Crippen LogP contribution < -0.4 is 10.6 Å². The summed E-state index contributed by atoms with van der Waals surface area (Å²) in [5.41, 5.74) is 0.843. The van der Waals surface area contributed by atoms with Gasteiger partial charge in [-0.25, -0.2) is 4.98 Å². The van der Waals surface area contributed by atoms with Crippen molar-refractivity contribution in [2.75, 3.05) is 12.3 Å². The van der Waals surface area contributed by atoms with Crippen LogP contribution in [0.4, 0.5) is 0 Å². The van der Waals surface area contributed by atoms with Crippen LogP contribution in [0.15, 0.2) is 41.9 Å². The van der Waals surface area contributed by atoms with Crippen molar-refractivity contribution in [3.05, 3.63) is 67.8 Å². The number of hydrogen-bond acceptors (Lipinski definition) is 9. The maximum atomic E-state index is 10.9. The summed E-state index contributed by atoms with van der Waals surface area (Å²) in [5.74, 6) is 2.63. The first-order valence-corrected chi connectivity index (χ1v) is 11.5. The third kappa shape index (κ3) is 8.83. The van der Waals surface area contributed by atoms with Crippen LogP contribution in [0.1, 0.15) is 17.6 Å². The highest BCUT2D eigenvalue weighted by Gasteiger charge is 2.09. The van der Waals surface area contributed by atoms with Gasteiger partial charge in [-0.3, -0.25) is 15.1 Å². The van der Waals surface area contributed by atoms with Crippen LogP contribution in [-0.2, 0) is 11.5 Å². The van der Waals surface area contributed by atoms with Gasteiger partial charge in [0.25, 0.3) is 6.20 Å². The zero-order valence-electron chi connectivity index (χ0n) is 14.6. The maximum absolute atomic E-state index is 10.9. The minimum atomic E-state index is -0.464. The molecule has 11 heteroatoms. The molecular formula is C16H20ClN5O2S3. The molecule has 0 radical (unpaired) electrons. The predicted molar refractivity (Wildman–Crippen MR) is 114 cm³/mol. The first-order chi connectivity index (χ1) is 13.0. The van der Waals surface area contributed by atoms with Crippen LogP contribution in [0, 0.1) is 10.1 Å². The molecule has 2 rings (SSSR count). The van der Waals surface area contributed by atoms with E-state index in [9.17, 15) is 10.1 Å². The Labute approximate surface area is 175 Å². The Hall–Kier alpha value is -1.49. The normalized spacial score (nSPS) is 12.6. The summed E-state index contributed by atoms with van der Waals surface area (Å²) in [6.07, 6.45) is 4.45. The van der Waals surface area contributed by atoms with E-state index in [1.54, 1.807) is 53.3 Å². The second-order valence-corrected chi connectivity index (χ2v) is 9.08. The molecule has 1 atom stereocenters. The van der Waals surface area contributed by atoms with Crippen LogP contribution in [0.25, 0.3) is 0 Å². The van der Waals surface area contributed by atoms with Gasteiger partial charge < -0.3 is 10.6 Å². The van der Waals surface area contributed by atoms with E-state index in [1.165, 1.54) is 0 Å². The standard InChI is InChI=1S/C16H20ClN5O2S3/c1-12(27-11-16-20-6-8-26-16)21-15(9-22(23)24)19-5-7-25-10-14-13(17)3-2-4-18-14/h2-4,6,8-9,12,19,21H,5,7,10-11H2,1H3. The molecular weight excluding hydrogens is 426 g/mol. The van der Waals surface area contributed by atoms with Gasteiger partial charge in [-0.2, -0.15) is 11.8 Å². The summed E-state index contributed by atoms with van der Waals surface area (Å²) in [7, 11) is 0. The molecule has 0 saturated heterocycles. The zero-order valence-corrected chi connectivity index (χ0v) is 17.8. The van der Waals surface area contributed by atoms with E-state index in [-0.39, 0.29) is 5.37 Å². The summed E-state index contributed by atoms with van der Waals surface area (Å²) in [6.45, 7) is 2.55. The molecule has 0 spiro atoms. The van der Waals surface area contributed by atoms with E-state index in [0.717, 1.165) is 28.4 Å². The van der Waals surface area contributed by atoms with E-state index in [0.29, 0.717) is 23.1 Å². The molecule has 2 aromatic rings. The van der Waals surface area contributed by atoms with E-state index < -0.39 is 4.92 Å². The molecule has 0 aromatic carbocycles. The molecule has 0 saturated carbocycles. The lowest BCUT2D eigenvalue weighted by Gasteiger charge is -2.17. The summed E-state index contributed by atoms with van der Waals surface area (Å²) in [4.78, 5) is 18.9. The molecule has 27 heavy (non-hydrogen) atoms. The van der Waals surface area contributed by atoms with Gasteiger partial charge in [-0.1, -0.05) is 11.6 Å². The molecule has 2 N–H and O–H groups in total. The Morgan fingerprint density at radius 2 is 2.30 bits per heavy atom. The number of pyridine rings is 1. The van der Waals surface area contributed by atoms with Crippen LogP contribution in [0.3, 0.4) is 0 Å². The van der Waals surface area contributed by atoms with Crippen molar-refractivity contribution in [2.45, 2.75) is 23.8 Å². The largest absolute Gasteiger partial charge is 0.366 e. The highest BCUT2D eigenvalue weighted by molar-refractivity contribution is 7.99. The third-order valence-corrected chi connectivity index (χ3v) is 6.50. The molecule has 0 aliphatic rings. The Morgan fingerprint density at radius 1 is 1.44 bits per heavy atom. The predicted octanol–water partition coefficient (Wildman–Crippen LogP) is 3.96. The van der Waals surface area contributed by atoms with Gasteiger partial charge in [0, 0.05) is 41.6 Å². The van der Waals surface area contributed by atoms with Crippen molar-refractivity contribution in [3.8, 4) is 0 Å². The van der Waals surface area contributed by atoms with Crippen LogP contribution in [-0.4, -0.2) is 32.6 Å². The number of nitro groups is 1. The average molecular weight is 446 g/mol. The van der Waals surface area contributed by atoms with Crippen LogP contribution in [0.2, 0.25) is 5.02 Å². The molecule has 0 amide bonds. The van der Waals surface area contributed by atoms with E-state index in [2.05, 4.69) is 20.6 Å². The molecule has 1 unspecified atom stereocenters. The highest BCUT2D eigenvalue weighted by Crippen LogP contribution is 2.19. The SMILES string of the molecule is CC(NC(=C[N+](=O)[O-])NCCSCc1ncccc1Cl)SCc1nccs1. The van der Waals surface area contributed by atoms with Crippen LogP contribution >= 0.6 is 46.5 Å². The van der Waals surface area contributed by atoms with Gasteiger partial charge in [-0.05, 0) is 19.1 Å². The van der Waals surface area contributed by atoms with E-state index in [1.807, 2.05) is 18.4 Å². The van der Waals surface area contributed by atoms with E-state index >= 15 is 0 Å². The van der Waals surface area contributed by atoms with Gasteiger partial charge >= 0.3 is 0 Å². The van der Waals surface area contributed by atoms with Crippen molar-refractivity contribution in [1.29, 1.82) is 0 Å². The fourth-order valence-corrected chi connectivity index (χ4v) is 4.61. The highest BCUT2D eigenvalue weighted by atomic mass is 35.5. The number of rotatable bonds is 12. The fourth-order valence-electron chi connectivity index (χ4n) is 1.97. The molecule has 0 aliphatic heterocycles. The summed E-state index contributed by atoms with van der Waals surface area (Å²) < 4.78 is 0. The summed E-state index contributed by atoms with van der Waals surface area (Å²) in [5, 5.41) is 20.7. The Balaban J connectivity index is 1.72. The van der Waals surface area contributed by atoms with Crippen molar-refractivity contribution in [1.82, 2.24) is 20.6 Å². The van der Waals surface area contributed by atoms with E-state index in [4.69, 9.17) is 11.6 Å². The lowest BCUT2D eigenvalue weighted by molar-refractivity contribution is -0.404. The van der Waals surface area contributed by atoms with Gasteiger partial charge in [-0.15, -0.1) is 23.1 Å². The van der Waals surface area contributed by atoms with Gasteiger partial charge in [0.05, 0.1) is 21.0 Å². The molecule has 0 fully saturated rings. The van der Waals surface area contributed by atoms with Gasteiger partial charge in [0.1, 0.15) is 5.01 Å².